The second-order valence-corrected chi connectivity index (χ2v) is 6.79. The number of hydrogen-bond donors (Lipinski definition) is 0. The predicted octanol–water partition coefficient (Wildman–Crippen LogP) is 4.25. The molecule has 0 spiro atoms. The van der Waals surface area contributed by atoms with E-state index >= 15 is 0 Å². The van der Waals surface area contributed by atoms with Crippen LogP contribution in [0.5, 0.6) is 0 Å². The first-order chi connectivity index (χ1) is 10.0. The lowest BCUT2D eigenvalue weighted by molar-refractivity contribution is 0.0568. The van der Waals surface area contributed by atoms with E-state index in [-0.39, 0.29) is 5.54 Å². The molecule has 3 nitrogen and oxygen atoms in total. The maximum absolute atomic E-state index is 12.2. The van der Waals surface area contributed by atoms with Gasteiger partial charge in [0.1, 0.15) is 0 Å². The summed E-state index contributed by atoms with van der Waals surface area (Å²) in [5.74, 6) is -0.408. The summed E-state index contributed by atoms with van der Waals surface area (Å²) in [6.45, 7) is 0. The van der Waals surface area contributed by atoms with Gasteiger partial charge in [-0.3, -0.25) is 4.90 Å². The Kier molecular flexibility index (Phi) is 3.93. The lowest BCUT2D eigenvalue weighted by atomic mass is 9.79. The Balaban J connectivity index is 2.18. The van der Waals surface area contributed by atoms with Crippen molar-refractivity contribution in [1.29, 1.82) is 0 Å². The van der Waals surface area contributed by atoms with Crippen molar-refractivity contribution in [2.24, 2.45) is 0 Å². The summed E-state index contributed by atoms with van der Waals surface area (Å²) in [6.07, 6.45) is 5.67. The fourth-order valence-corrected chi connectivity index (χ4v) is 4.49. The highest BCUT2D eigenvalue weighted by Gasteiger charge is 2.49. The summed E-state index contributed by atoms with van der Waals surface area (Å²) in [7, 11) is 3.53. The topological polar surface area (TPSA) is 29.5 Å². The Morgan fingerprint density at radius 2 is 2.10 bits per heavy atom. The van der Waals surface area contributed by atoms with Crippen molar-refractivity contribution in [2.75, 3.05) is 14.2 Å². The van der Waals surface area contributed by atoms with E-state index in [9.17, 15) is 4.79 Å². The number of piperidine rings is 1. The Bertz CT molecular complexity index is 586. The summed E-state index contributed by atoms with van der Waals surface area (Å²) < 4.78 is 4.94. The van der Waals surface area contributed by atoms with Crippen LogP contribution in [0, 0.1) is 0 Å². The molecule has 0 amide bonds. The third kappa shape index (κ3) is 2.18. The molecule has 2 fully saturated rings. The molecule has 2 bridgehead atoms. The quantitative estimate of drug-likeness (QED) is 0.760. The van der Waals surface area contributed by atoms with Crippen molar-refractivity contribution in [1.82, 2.24) is 4.90 Å². The smallest absolute Gasteiger partial charge is 0.339 e. The maximum atomic E-state index is 12.2. The zero-order valence-corrected chi connectivity index (χ0v) is 13.8. The van der Waals surface area contributed by atoms with E-state index in [4.69, 9.17) is 27.9 Å². The van der Waals surface area contributed by atoms with Gasteiger partial charge >= 0.3 is 5.97 Å². The van der Waals surface area contributed by atoms with Crippen LogP contribution >= 0.6 is 23.2 Å². The number of benzene rings is 1. The van der Waals surface area contributed by atoms with Gasteiger partial charge in [0.05, 0.1) is 22.7 Å². The standard InChI is InChI=1S/C16H19Cl2NO2/c1-19-10-4-3-8-16(19,9-7-10)11-5-6-12(17)14(18)13(11)15(20)21-2/h5-6,10H,3-4,7-9H2,1-2H3/t10-,16+/m1/s1. The van der Waals surface area contributed by atoms with Gasteiger partial charge in [0.2, 0.25) is 0 Å². The van der Waals surface area contributed by atoms with Crippen molar-refractivity contribution in [3.05, 3.63) is 33.3 Å². The number of halogens is 2. The average Bonchev–Trinajstić information content (AvgIpc) is 2.67. The van der Waals surface area contributed by atoms with E-state index in [1.54, 1.807) is 6.07 Å². The Labute approximate surface area is 135 Å². The van der Waals surface area contributed by atoms with Gasteiger partial charge in [0, 0.05) is 11.6 Å². The van der Waals surface area contributed by atoms with Crippen molar-refractivity contribution in [3.8, 4) is 0 Å². The normalized spacial score (nSPS) is 28.7. The van der Waals surface area contributed by atoms with Crippen molar-refractivity contribution >= 4 is 29.2 Å². The highest BCUT2D eigenvalue weighted by atomic mass is 35.5. The van der Waals surface area contributed by atoms with Gasteiger partial charge in [0.15, 0.2) is 0 Å². The van der Waals surface area contributed by atoms with Crippen LogP contribution in [0.25, 0.3) is 0 Å². The highest BCUT2D eigenvalue weighted by Crippen LogP contribution is 2.51. The molecule has 0 aliphatic carbocycles. The van der Waals surface area contributed by atoms with E-state index in [0.717, 1.165) is 24.8 Å². The number of esters is 1. The van der Waals surface area contributed by atoms with Crippen LogP contribution in [0.1, 0.15) is 48.0 Å². The first-order valence-electron chi connectivity index (χ1n) is 7.31. The van der Waals surface area contributed by atoms with Crippen LogP contribution in [-0.4, -0.2) is 31.1 Å². The lowest BCUT2D eigenvalue weighted by Crippen LogP contribution is -2.46. The number of methoxy groups -OCH3 is 1. The third-order valence-electron chi connectivity index (χ3n) is 5.23. The largest absolute Gasteiger partial charge is 0.465 e. The average molecular weight is 328 g/mol. The zero-order valence-electron chi connectivity index (χ0n) is 12.3. The van der Waals surface area contributed by atoms with Crippen LogP contribution in [0.2, 0.25) is 10.0 Å². The van der Waals surface area contributed by atoms with E-state index in [1.165, 1.54) is 20.0 Å². The summed E-state index contributed by atoms with van der Waals surface area (Å²) in [4.78, 5) is 14.7. The molecule has 2 atom stereocenters. The van der Waals surface area contributed by atoms with Gasteiger partial charge in [-0.05, 0) is 50.8 Å². The van der Waals surface area contributed by atoms with E-state index in [1.807, 2.05) is 6.07 Å². The number of ether oxygens (including phenoxy) is 1. The van der Waals surface area contributed by atoms with Gasteiger partial charge in [-0.2, -0.15) is 0 Å². The van der Waals surface area contributed by atoms with Crippen LogP contribution in [0.4, 0.5) is 0 Å². The van der Waals surface area contributed by atoms with Gasteiger partial charge < -0.3 is 4.74 Å². The number of carbonyl (C=O) groups excluding carboxylic acids is 1. The predicted molar refractivity (Wildman–Crippen MR) is 84.1 cm³/mol. The number of rotatable bonds is 2. The monoisotopic (exact) mass is 327 g/mol. The van der Waals surface area contributed by atoms with Crippen LogP contribution in [0.3, 0.4) is 0 Å². The van der Waals surface area contributed by atoms with Gasteiger partial charge in [-0.25, -0.2) is 4.79 Å². The number of fused-ring (bicyclic) bond motifs is 2. The molecule has 0 N–H and O–H groups in total. The molecule has 114 valence electrons. The molecular formula is C16H19Cl2NO2. The molecule has 0 unspecified atom stereocenters. The van der Waals surface area contributed by atoms with E-state index in [0.29, 0.717) is 21.7 Å². The van der Waals surface area contributed by atoms with Gasteiger partial charge in [0.25, 0.3) is 0 Å². The Morgan fingerprint density at radius 1 is 1.33 bits per heavy atom. The molecule has 2 aliphatic rings. The fourth-order valence-electron chi connectivity index (χ4n) is 4.09. The molecule has 2 heterocycles. The second kappa shape index (κ2) is 5.45. The molecule has 2 aliphatic heterocycles. The number of nitrogens with zero attached hydrogens (tertiary/aromatic N) is 1. The molecule has 5 heteroatoms. The maximum Gasteiger partial charge on any atom is 0.339 e. The molecule has 0 radical (unpaired) electrons. The highest BCUT2D eigenvalue weighted by molar-refractivity contribution is 6.43. The molecule has 0 saturated carbocycles. The summed E-state index contributed by atoms with van der Waals surface area (Å²) in [6, 6.07) is 4.33. The molecule has 2 saturated heterocycles. The first-order valence-corrected chi connectivity index (χ1v) is 8.06. The van der Waals surface area contributed by atoms with Crippen molar-refractivity contribution < 1.29 is 9.53 Å². The van der Waals surface area contributed by atoms with Crippen molar-refractivity contribution in [3.63, 3.8) is 0 Å². The van der Waals surface area contributed by atoms with Crippen LogP contribution < -0.4 is 0 Å². The summed E-state index contributed by atoms with van der Waals surface area (Å²) >= 11 is 12.4. The molecule has 3 rings (SSSR count). The van der Waals surface area contributed by atoms with Crippen molar-refractivity contribution in [2.45, 2.75) is 43.7 Å². The molecule has 1 aromatic carbocycles. The SMILES string of the molecule is COC(=O)c1c([C@]23CCC[C@H](CC2)N3C)ccc(Cl)c1Cl. The van der Waals surface area contributed by atoms with Crippen LogP contribution in [-0.2, 0) is 10.3 Å². The Morgan fingerprint density at radius 3 is 2.81 bits per heavy atom. The van der Waals surface area contributed by atoms with Gasteiger partial charge in [-0.1, -0.05) is 29.3 Å². The summed E-state index contributed by atoms with van der Waals surface area (Å²) in [5.41, 5.74) is 1.29. The molecule has 21 heavy (non-hydrogen) atoms. The Hall–Kier alpha value is -0.770. The van der Waals surface area contributed by atoms with Gasteiger partial charge in [-0.15, -0.1) is 0 Å². The lowest BCUT2D eigenvalue weighted by Gasteiger charge is -2.44. The molecule has 1 aromatic rings. The number of carbonyl (C=O) groups is 1. The van der Waals surface area contributed by atoms with E-state index in [2.05, 4.69) is 11.9 Å². The summed E-state index contributed by atoms with van der Waals surface area (Å²) in [5, 5.41) is 0.697. The fraction of sp³-hybridized carbons (Fsp3) is 0.562. The minimum absolute atomic E-state index is 0.110. The third-order valence-corrected chi connectivity index (χ3v) is 6.03. The minimum atomic E-state index is -0.408. The first kappa shape index (κ1) is 15.1. The van der Waals surface area contributed by atoms with Crippen LogP contribution in [0.15, 0.2) is 12.1 Å². The zero-order chi connectivity index (χ0) is 15.2. The number of hydrogen-bond acceptors (Lipinski definition) is 3. The van der Waals surface area contributed by atoms with E-state index < -0.39 is 5.97 Å². The minimum Gasteiger partial charge on any atom is -0.465 e. The molecular weight excluding hydrogens is 309 g/mol. The molecule has 0 aromatic heterocycles. The second-order valence-electron chi connectivity index (χ2n) is 6.00.